The van der Waals surface area contributed by atoms with E-state index < -0.39 is 0 Å². The van der Waals surface area contributed by atoms with Gasteiger partial charge in [0.25, 0.3) is 0 Å². The Hall–Kier alpha value is -1.51. The number of nitrogens with zero attached hydrogens (tertiary/aromatic N) is 3. The number of morpholine rings is 1. The van der Waals surface area contributed by atoms with Crippen molar-refractivity contribution in [2.45, 2.75) is 39.2 Å². The monoisotopic (exact) mass is 380 g/mol. The molecular formula is C18H28N4O3S. The van der Waals surface area contributed by atoms with E-state index in [4.69, 9.17) is 4.74 Å². The van der Waals surface area contributed by atoms with Gasteiger partial charge in [-0.3, -0.25) is 19.4 Å². The lowest BCUT2D eigenvalue weighted by Gasteiger charge is -2.33. The van der Waals surface area contributed by atoms with Gasteiger partial charge in [-0.1, -0.05) is 13.8 Å². The Morgan fingerprint density at radius 3 is 3.04 bits per heavy atom. The first-order valence-electron chi connectivity index (χ1n) is 9.36. The summed E-state index contributed by atoms with van der Waals surface area (Å²) in [6, 6.07) is 0. The summed E-state index contributed by atoms with van der Waals surface area (Å²) in [6.07, 6.45) is 1.74. The van der Waals surface area contributed by atoms with E-state index in [0.29, 0.717) is 36.3 Å². The van der Waals surface area contributed by atoms with Crippen LogP contribution in [0.4, 0.5) is 5.13 Å². The Labute approximate surface area is 158 Å². The molecule has 2 aliphatic rings. The predicted molar refractivity (Wildman–Crippen MR) is 101 cm³/mol. The highest BCUT2D eigenvalue weighted by molar-refractivity contribution is 7.14. The summed E-state index contributed by atoms with van der Waals surface area (Å²) < 4.78 is 5.76. The predicted octanol–water partition coefficient (Wildman–Crippen LogP) is 1.29. The molecule has 26 heavy (non-hydrogen) atoms. The topological polar surface area (TPSA) is 74.8 Å². The quantitative estimate of drug-likeness (QED) is 0.771. The lowest BCUT2D eigenvalue weighted by atomic mass is 10.2. The summed E-state index contributed by atoms with van der Waals surface area (Å²) in [7, 11) is 0. The van der Waals surface area contributed by atoms with Crippen LogP contribution in [0.2, 0.25) is 0 Å². The van der Waals surface area contributed by atoms with Gasteiger partial charge in [0.1, 0.15) is 0 Å². The number of carbonyl (C=O) groups excluding carboxylic acids is 2. The summed E-state index contributed by atoms with van der Waals surface area (Å²) >= 11 is 1.43. The molecule has 8 heteroatoms. The molecule has 0 radical (unpaired) electrons. The molecule has 0 spiro atoms. The van der Waals surface area contributed by atoms with Gasteiger partial charge in [-0.15, -0.1) is 11.3 Å². The van der Waals surface area contributed by atoms with E-state index >= 15 is 0 Å². The molecule has 2 aliphatic heterocycles. The van der Waals surface area contributed by atoms with Crippen molar-refractivity contribution < 1.29 is 14.3 Å². The number of aromatic nitrogens is 1. The number of nitrogens with one attached hydrogen (secondary N) is 1. The van der Waals surface area contributed by atoms with Crippen molar-refractivity contribution in [2.75, 3.05) is 44.2 Å². The van der Waals surface area contributed by atoms with Crippen LogP contribution < -0.4 is 10.2 Å². The molecule has 0 aliphatic carbocycles. The van der Waals surface area contributed by atoms with Gasteiger partial charge in [0.05, 0.1) is 24.8 Å². The molecule has 144 valence electrons. The van der Waals surface area contributed by atoms with Gasteiger partial charge in [-0.25, -0.2) is 4.98 Å². The zero-order chi connectivity index (χ0) is 18.5. The third-order valence-electron chi connectivity index (χ3n) is 4.56. The molecule has 1 unspecified atom stereocenters. The zero-order valence-corrected chi connectivity index (χ0v) is 16.4. The lowest BCUT2D eigenvalue weighted by molar-refractivity contribution is -0.121. The highest BCUT2D eigenvalue weighted by Gasteiger charge is 2.25. The fourth-order valence-corrected chi connectivity index (χ4v) is 4.26. The Balaban J connectivity index is 1.43. The first-order chi connectivity index (χ1) is 12.5. The molecule has 7 nitrogen and oxygen atoms in total. The van der Waals surface area contributed by atoms with Crippen LogP contribution in [0.5, 0.6) is 0 Å². The second kappa shape index (κ2) is 8.92. The number of carbonyl (C=O) groups is 2. The number of amides is 2. The van der Waals surface area contributed by atoms with Crippen molar-refractivity contribution in [3.05, 3.63) is 11.1 Å². The number of anilines is 1. The van der Waals surface area contributed by atoms with Gasteiger partial charge in [0.2, 0.25) is 11.8 Å². The van der Waals surface area contributed by atoms with Crippen LogP contribution in [0, 0.1) is 5.92 Å². The summed E-state index contributed by atoms with van der Waals surface area (Å²) in [5.74, 6) is 0.694. The van der Waals surface area contributed by atoms with Crippen LogP contribution in [0.25, 0.3) is 0 Å². The van der Waals surface area contributed by atoms with Crippen molar-refractivity contribution in [3.63, 3.8) is 0 Å². The molecule has 0 bridgehead atoms. The molecule has 2 amide bonds. The van der Waals surface area contributed by atoms with Crippen molar-refractivity contribution in [3.8, 4) is 0 Å². The number of hydrogen-bond donors (Lipinski definition) is 1. The standard InChI is InChI=1S/C18H28N4O3S/c1-13(2)10-21-6-7-25-15(11-21)9-19-16(23)8-14-12-26-18(20-14)22-5-3-4-17(22)24/h12-13,15H,3-11H2,1-2H3,(H,19,23). The average Bonchev–Trinajstić information content (AvgIpc) is 3.21. The molecular weight excluding hydrogens is 352 g/mol. The molecule has 0 aromatic carbocycles. The van der Waals surface area contributed by atoms with Gasteiger partial charge >= 0.3 is 0 Å². The molecule has 0 saturated carbocycles. The summed E-state index contributed by atoms with van der Waals surface area (Å²) in [5, 5.41) is 5.52. The van der Waals surface area contributed by atoms with Gasteiger partial charge in [0.15, 0.2) is 5.13 Å². The van der Waals surface area contributed by atoms with Crippen molar-refractivity contribution in [1.82, 2.24) is 15.2 Å². The summed E-state index contributed by atoms with van der Waals surface area (Å²) in [5.41, 5.74) is 0.716. The van der Waals surface area contributed by atoms with Crippen LogP contribution in [0.1, 0.15) is 32.4 Å². The Kier molecular flexibility index (Phi) is 6.61. The molecule has 1 N–H and O–H groups in total. The van der Waals surface area contributed by atoms with Crippen molar-refractivity contribution in [1.29, 1.82) is 0 Å². The number of ether oxygens (including phenoxy) is 1. The van der Waals surface area contributed by atoms with Crippen LogP contribution in [-0.4, -0.2) is 67.1 Å². The number of rotatable bonds is 7. The minimum atomic E-state index is -0.0563. The van der Waals surface area contributed by atoms with Crippen LogP contribution in [-0.2, 0) is 20.7 Å². The van der Waals surface area contributed by atoms with E-state index in [1.165, 1.54) is 11.3 Å². The van der Waals surface area contributed by atoms with Crippen LogP contribution in [0.15, 0.2) is 5.38 Å². The highest BCUT2D eigenvalue weighted by Crippen LogP contribution is 2.25. The number of hydrogen-bond acceptors (Lipinski definition) is 6. The normalized spacial score (nSPS) is 21.6. The maximum atomic E-state index is 12.2. The fourth-order valence-electron chi connectivity index (χ4n) is 3.39. The lowest BCUT2D eigenvalue weighted by Crippen LogP contribution is -2.48. The van der Waals surface area contributed by atoms with E-state index in [0.717, 1.165) is 32.6 Å². The fraction of sp³-hybridized carbons (Fsp3) is 0.722. The minimum Gasteiger partial charge on any atom is -0.374 e. The molecule has 3 heterocycles. The summed E-state index contributed by atoms with van der Waals surface area (Å²) in [4.78, 5) is 32.5. The molecule has 3 rings (SSSR count). The Bertz CT molecular complexity index is 634. The molecule has 1 aromatic rings. The van der Waals surface area contributed by atoms with Crippen LogP contribution >= 0.6 is 11.3 Å². The second-order valence-electron chi connectivity index (χ2n) is 7.40. The van der Waals surface area contributed by atoms with Gasteiger partial charge < -0.3 is 10.1 Å². The smallest absolute Gasteiger partial charge is 0.228 e. The molecule has 1 aromatic heterocycles. The average molecular weight is 381 g/mol. The maximum Gasteiger partial charge on any atom is 0.228 e. The van der Waals surface area contributed by atoms with Crippen molar-refractivity contribution in [2.24, 2.45) is 5.92 Å². The SMILES string of the molecule is CC(C)CN1CCOC(CNC(=O)Cc2csc(N3CCCC3=O)n2)C1. The Morgan fingerprint density at radius 1 is 1.46 bits per heavy atom. The van der Waals surface area contributed by atoms with E-state index in [1.54, 1.807) is 4.90 Å². The largest absolute Gasteiger partial charge is 0.374 e. The minimum absolute atomic E-state index is 0.0414. The maximum absolute atomic E-state index is 12.2. The zero-order valence-electron chi connectivity index (χ0n) is 15.6. The Morgan fingerprint density at radius 2 is 2.31 bits per heavy atom. The van der Waals surface area contributed by atoms with Crippen molar-refractivity contribution >= 4 is 28.3 Å². The molecule has 1 atom stereocenters. The third kappa shape index (κ3) is 5.25. The van der Waals surface area contributed by atoms with Gasteiger partial charge in [-0.2, -0.15) is 0 Å². The second-order valence-corrected chi connectivity index (χ2v) is 8.23. The molecule has 2 saturated heterocycles. The highest BCUT2D eigenvalue weighted by atomic mass is 32.1. The third-order valence-corrected chi connectivity index (χ3v) is 5.47. The molecule has 2 fully saturated rings. The first kappa shape index (κ1) is 19.3. The number of thiazole rings is 1. The van der Waals surface area contributed by atoms with Gasteiger partial charge in [-0.05, 0) is 12.3 Å². The van der Waals surface area contributed by atoms with E-state index in [-0.39, 0.29) is 24.3 Å². The van der Waals surface area contributed by atoms with Gasteiger partial charge in [0, 0.05) is 44.5 Å². The van der Waals surface area contributed by atoms with E-state index in [1.807, 2.05) is 5.38 Å². The van der Waals surface area contributed by atoms with Crippen LogP contribution in [0.3, 0.4) is 0 Å². The van der Waals surface area contributed by atoms with E-state index in [2.05, 4.69) is 29.0 Å². The first-order valence-corrected chi connectivity index (χ1v) is 10.2. The summed E-state index contributed by atoms with van der Waals surface area (Å²) in [6.45, 7) is 9.26. The van der Waals surface area contributed by atoms with E-state index in [9.17, 15) is 9.59 Å².